The fourth-order valence-electron chi connectivity index (χ4n) is 1.42. The van der Waals surface area contributed by atoms with Crippen LogP contribution < -0.4 is 10.5 Å². The summed E-state index contributed by atoms with van der Waals surface area (Å²) in [5.41, 5.74) is 5.49. The second-order valence-corrected chi connectivity index (χ2v) is 5.38. The number of nitrogens with one attached hydrogen (secondary N) is 4. The summed E-state index contributed by atoms with van der Waals surface area (Å²) in [5, 5.41) is 13.3. The number of rotatable bonds is 5. The molecule has 2 aromatic heterocycles. The summed E-state index contributed by atoms with van der Waals surface area (Å²) in [6, 6.07) is 0. The molecule has 0 amide bonds. The molecule has 0 unspecified atom stereocenters. The number of sulfonamides is 1. The van der Waals surface area contributed by atoms with Crippen LogP contribution in [-0.2, 0) is 16.4 Å². The van der Waals surface area contributed by atoms with Gasteiger partial charge in [-0.05, 0) is 0 Å². The summed E-state index contributed by atoms with van der Waals surface area (Å²) < 4.78 is 26.4. The molecule has 0 saturated carbocycles. The zero-order valence-electron chi connectivity index (χ0n) is 10.1. The second kappa shape index (κ2) is 4.72. The maximum Gasteiger partial charge on any atom is 0.280 e. The number of hydrogen-bond donors (Lipinski definition) is 5. The van der Waals surface area contributed by atoms with Gasteiger partial charge in [0.2, 0.25) is 0 Å². The summed E-state index contributed by atoms with van der Waals surface area (Å²) in [5.74, 6) is 0.322. The van der Waals surface area contributed by atoms with E-state index in [0.717, 1.165) is 0 Å². The summed E-state index contributed by atoms with van der Waals surface area (Å²) in [7, 11) is -3.82. The zero-order chi connectivity index (χ0) is 14.0. The lowest BCUT2D eigenvalue weighted by Crippen LogP contribution is -2.18. The molecule has 2 rings (SSSR count). The molecule has 10 heteroatoms. The molecule has 0 atom stereocenters. The minimum Gasteiger partial charge on any atom is -0.384 e. The third-order valence-electron chi connectivity index (χ3n) is 2.40. The molecular weight excluding hydrogens is 270 g/mol. The predicted molar refractivity (Wildman–Crippen MR) is 68.4 cm³/mol. The van der Waals surface area contributed by atoms with Crippen molar-refractivity contribution in [1.29, 1.82) is 5.41 Å². The Labute approximate surface area is 109 Å². The Kier molecular flexibility index (Phi) is 3.25. The third kappa shape index (κ3) is 2.57. The van der Waals surface area contributed by atoms with Gasteiger partial charge in [0.05, 0.1) is 18.0 Å². The molecule has 2 heterocycles. The van der Waals surface area contributed by atoms with Crippen LogP contribution >= 0.6 is 0 Å². The molecule has 19 heavy (non-hydrogen) atoms. The van der Waals surface area contributed by atoms with Crippen molar-refractivity contribution in [2.24, 2.45) is 5.73 Å². The van der Waals surface area contributed by atoms with Gasteiger partial charge in [0.1, 0.15) is 17.5 Å². The lowest BCUT2D eigenvalue weighted by atomic mass is 10.3. The normalized spacial score (nSPS) is 11.4. The molecule has 0 bridgehead atoms. The first-order valence-corrected chi connectivity index (χ1v) is 6.87. The maximum absolute atomic E-state index is 12.1. The summed E-state index contributed by atoms with van der Waals surface area (Å²) in [6.07, 6.45) is 3.09. The molecule has 0 fully saturated rings. The Balaban J connectivity index is 2.31. The van der Waals surface area contributed by atoms with Crippen LogP contribution in [0.5, 0.6) is 0 Å². The molecule has 0 spiro atoms. The van der Waals surface area contributed by atoms with Gasteiger partial charge in [0.25, 0.3) is 10.0 Å². The van der Waals surface area contributed by atoms with Gasteiger partial charge >= 0.3 is 0 Å². The Morgan fingerprint density at radius 1 is 1.53 bits per heavy atom. The van der Waals surface area contributed by atoms with Gasteiger partial charge in [-0.2, -0.15) is 13.5 Å². The van der Waals surface area contributed by atoms with Crippen molar-refractivity contribution in [3.63, 3.8) is 0 Å². The number of nitrogens with zero attached hydrogens (tertiary/aromatic N) is 2. The van der Waals surface area contributed by atoms with E-state index in [1.807, 2.05) is 6.92 Å². The standard InChI is InChI=1S/C9H13N7O2S/c1-2-6-12-4-7(14-6)19(17,18)16-9-5(8(10)11)3-13-15-9/h3-4H,2H2,1H3,(H3,10,11)(H,12,14)(H2,13,15,16). The smallest absolute Gasteiger partial charge is 0.280 e. The van der Waals surface area contributed by atoms with Crippen molar-refractivity contribution < 1.29 is 8.42 Å². The minimum atomic E-state index is -3.82. The van der Waals surface area contributed by atoms with E-state index >= 15 is 0 Å². The monoisotopic (exact) mass is 283 g/mol. The number of amidine groups is 1. The summed E-state index contributed by atoms with van der Waals surface area (Å²) in [6.45, 7) is 1.85. The lowest BCUT2D eigenvalue weighted by molar-refractivity contribution is 0.597. The average Bonchev–Trinajstić information content (AvgIpc) is 2.95. The Morgan fingerprint density at radius 2 is 2.26 bits per heavy atom. The number of aromatic nitrogens is 4. The van der Waals surface area contributed by atoms with Crippen LogP contribution in [0.25, 0.3) is 0 Å². The van der Waals surface area contributed by atoms with E-state index < -0.39 is 10.0 Å². The van der Waals surface area contributed by atoms with Crippen LogP contribution in [-0.4, -0.2) is 34.4 Å². The highest BCUT2D eigenvalue weighted by molar-refractivity contribution is 7.92. The number of aryl methyl sites for hydroxylation is 1. The second-order valence-electron chi connectivity index (χ2n) is 3.73. The van der Waals surface area contributed by atoms with E-state index in [-0.39, 0.29) is 22.2 Å². The minimum absolute atomic E-state index is 0.0418. The maximum atomic E-state index is 12.1. The van der Waals surface area contributed by atoms with Gasteiger partial charge in [-0.1, -0.05) is 6.92 Å². The van der Waals surface area contributed by atoms with Gasteiger partial charge in [0.15, 0.2) is 5.03 Å². The van der Waals surface area contributed by atoms with Gasteiger partial charge in [-0.15, -0.1) is 0 Å². The van der Waals surface area contributed by atoms with Crippen LogP contribution in [0.2, 0.25) is 0 Å². The van der Waals surface area contributed by atoms with Gasteiger partial charge in [-0.3, -0.25) is 15.2 Å². The fraction of sp³-hybridized carbons (Fsp3) is 0.222. The Bertz CT molecular complexity index is 700. The first-order chi connectivity index (χ1) is 8.94. The molecule has 102 valence electrons. The van der Waals surface area contributed by atoms with Crippen molar-refractivity contribution in [3.8, 4) is 0 Å². The van der Waals surface area contributed by atoms with Crippen molar-refractivity contribution in [2.45, 2.75) is 18.4 Å². The van der Waals surface area contributed by atoms with Crippen LogP contribution in [0.3, 0.4) is 0 Å². The summed E-state index contributed by atoms with van der Waals surface area (Å²) >= 11 is 0. The number of aromatic amines is 2. The lowest BCUT2D eigenvalue weighted by Gasteiger charge is -2.05. The van der Waals surface area contributed by atoms with E-state index in [4.69, 9.17) is 11.1 Å². The van der Waals surface area contributed by atoms with E-state index in [2.05, 4.69) is 24.9 Å². The molecule has 0 saturated heterocycles. The SMILES string of the molecule is CCc1ncc(S(=O)(=O)Nc2[nH]ncc2C(=N)N)[nH]1. The topological polar surface area (TPSA) is 153 Å². The van der Waals surface area contributed by atoms with E-state index in [9.17, 15) is 8.42 Å². The zero-order valence-corrected chi connectivity index (χ0v) is 10.9. The Morgan fingerprint density at radius 3 is 2.84 bits per heavy atom. The number of hydrogen-bond acceptors (Lipinski definition) is 5. The molecule has 0 aliphatic heterocycles. The molecule has 0 aliphatic carbocycles. The highest BCUT2D eigenvalue weighted by Gasteiger charge is 2.20. The molecule has 9 nitrogen and oxygen atoms in total. The van der Waals surface area contributed by atoms with Crippen LogP contribution in [0.1, 0.15) is 18.3 Å². The number of H-pyrrole nitrogens is 2. The Hall–Kier alpha value is -2.36. The average molecular weight is 283 g/mol. The van der Waals surface area contributed by atoms with Crippen molar-refractivity contribution in [1.82, 2.24) is 20.2 Å². The first kappa shape index (κ1) is 13.1. The van der Waals surface area contributed by atoms with E-state index in [1.54, 1.807) is 0 Å². The highest BCUT2D eigenvalue weighted by Crippen LogP contribution is 2.16. The first-order valence-electron chi connectivity index (χ1n) is 5.38. The molecular formula is C9H13N7O2S. The van der Waals surface area contributed by atoms with Crippen LogP contribution in [0.15, 0.2) is 17.4 Å². The van der Waals surface area contributed by atoms with Gasteiger partial charge in [0, 0.05) is 6.42 Å². The molecule has 0 aliphatic rings. The molecule has 0 aromatic carbocycles. The molecule has 2 aromatic rings. The number of anilines is 1. The number of imidazole rings is 1. The van der Waals surface area contributed by atoms with Crippen LogP contribution in [0, 0.1) is 5.41 Å². The number of nitrogens with two attached hydrogens (primary N) is 1. The quantitative estimate of drug-likeness (QED) is 0.379. The summed E-state index contributed by atoms with van der Waals surface area (Å²) in [4.78, 5) is 6.60. The van der Waals surface area contributed by atoms with E-state index in [0.29, 0.717) is 12.2 Å². The van der Waals surface area contributed by atoms with Gasteiger partial charge < -0.3 is 10.7 Å². The van der Waals surface area contributed by atoms with Crippen molar-refractivity contribution in [2.75, 3.05) is 4.72 Å². The highest BCUT2D eigenvalue weighted by atomic mass is 32.2. The van der Waals surface area contributed by atoms with E-state index in [1.165, 1.54) is 12.4 Å². The van der Waals surface area contributed by atoms with Crippen molar-refractivity contribution in [3.05, 3.63) is 23.8 Å². The molecule has 6 N–H and O–H groups in total. The fourth-order valence-corrected chi connectivity index (χ4v) is 2.39. The predicted octanol–water partition coefficient (Wildman–Crippen LogP) is -0.220. The van der Waals surface area contributed by atoms with Crippen molar-refractivity contribution >= 4 is 21.7 Å². The van der Waals surface area contributed by atoms with Gasteiger partial charge in [-0.25, -0.2) is 4.98 Å². The molecule has 0 radical (unpaired) electrons. The number of nitrogen functional groups attached to an aromatic ring is 1. The third-order valence-corrected chi connectivity index (χ3v) is 3.65. The largest absolute Gasteiger partial charge is 0.384 e. The van der Waals surface area contributed by atoms with Crippen LogP contribution in [0.4, 0.5) is 5.82 Å².